The van der Waals surface area contributed by atoms with E-state index in [1.54, 1.807) is 0 Å². The van der Waals surface area contributed by atoms with Gasteiger partial charge in [-0.15, -0.1) is 0 Å². The molecular weight excluding hydrogens is 236 g/mol. The third-order valence-electron chi connectivity index (χ3n) is 5.24. The van der Waals surface area contributed by atoms with Gasteiger partial charge in [-0.25, -0.2) is 0 Å². The van der Waals surface area contributed by atoms with Crippen LogP contribution in [0.5, 0.6) is 0 Å². The first kappa shape index (κ1) is 15.0. The fraction of sp³-hybridized carbons (Fsp3) is 0.941. The molecular formula is C17H30O2. The lowest BCUT2D eigenvalue weighted by Gasteiger charge is -2.37. The topological polar surface area (TPSA) is 26.3 Å². The van der Waals surface area contributed by atoms with E-state index in [9.17, 15) is 4.79 Å². The Kier molecular flexibility index (Phi) is 5.05. The quantitative estimate of drug-likeness (QED) is 0.764. The third-order valence-corrected chi connectivity index (χ3v) is 5.24. The summed E-state index contributed by atoms with van der Waals surface area (Å²) in [5.74, 6) is 2.31. The van der Waals surface area contributed by atoms with Crippen LogP contribution in [0.1, 0.15) is 65.7 Å². The van der Waals surface area contributed by atoms with Crippen LogP contribution in [0.25, 0.3) is 0 Å². The van der Waals surface area contributed by atoms with Crippen molar-refractivity contribution in [2.45, 2.75) is 65.7 Å². The van der Waals surface area contributed by atoms with Gasteiger partial charge in [0.05, 0.1) is 0 Å². The molecule has 2 fully saturated rings. The summed E-state index contributed by atoms with van der Waals surface area (Å²) in [5, 5.41) is 0. The molecule has 0 aromatic carbocycles. The monoisotopic (exact) mass is 266 g/mol. The Morgan fingerprint density at radius 1 is 1.00 bits per heavy atom. The fourth-order valence-electron chi connectivity index (χ4n) is 3.68. The van der Waals surface area contributed by atoms with Gasteiger partial charge in [0.2, 0.25) is 0 Å². The molecule has 110 valence electrons. The summed E-state index contributed by atoms with van der Waals surface area (Å²) in [6.07, 6.45) is 7.73. The number of Topliss-reactive ketones (excluding diaryl/α,β-unsaturated/α-hetero) is 1. The van der Waals surface area contributed by atoms with E-state index in [0.29, 0.717) is 23.0 Å². The van der Waals surface area contributed by atoms with Crippen LogP contribution in [-0.2, 0) is 9.53 Å². The van der Waals surface area contributed by atoms with E-state index in [2.05, 4.69) is 20.8 Å². The molecule has 0 spiro atoms. The number of carbonyl (C=O) groups excluding carboxylic acids is 1. The minimum atomic E-state index is 0.362. The summed E-state index contributed by atoms with van der Waals surface area (Å²) in [6, 6.07) is 0. The van der Waals surface area contributed by atoms with Crippen molar-refractivity contribution in [3.05, 3.63) is 0 Å². The van der Waals surface area contributed by atoms with Gasteiger partial charge in [-0.2, -0.15) is 0 Å². The summed E-state index contributed by atoms with van der Waals surface area (Å²) >= 11 is 0. The SMILES string of the molecule is CC(C)(C)C1CCC(C(=O)CC2CCOCC2)CC1. The van der Waals surface area contributed by atoms with Crippen molar-refractivity contribution in [2.24, 2.45) is 23.2 Å². The van der Waals surface area contributed by atoms with E-state index in [-0.39, 0.29) is 0 Å². The zero-order chi connectivity index (χ0) is 13.9. The number of ketones is 1. The van der Waals surface area contributed by atoms with Crippen molar-refractivity contribution in [3.63, 3.8) is 0 Å². The predicted octanol–water partition coefficient (Wildman–Crippen LogP) is 4.22. The molecule has 0 N–H and O–H groups in total. The van der Waals surface area contributed by atoms with Crippen LogP contribution in [-0.4, -0.2) is 19.0 Å². The Bertz CT molecular complexity index is 289. The second-order valence-corrected chi connectivity index (χ2v) is 7.64. The number of hydrogen-bond acceptors (Lipinski definition) is 2. The molecule has 1 heterocycles. The molecule has 0 radical (unpaired) electrons. The molecule has 19 heavy (non-hydrogen) atoms. The minimum absolute atomic E-state index is 0.362. The zero-order valence-corrected chi connectivity index (χ0v) is 12.9. The smallest absolute Gasteiger partial charge is 0.136 e. The maximum atomic E-state index is 12.4. The van der Waals surface area contributed by atoms with Gasteiger partial charge in [-0.1, -0.05) is 20.8 Å². The van der Waals surface area contributed by atoms with Crippen molar-refractivity contribution in [3.8, 4) is 0 Å². The lowest BCUT2D eigenvalue weighted by atomic mass is 9.68. The van der Waals surface area contributed by atoms with Crippen molar-refractivity contribution in [1.29, 1.82) is 0 Å². The summed E-state index contributed by atoms with van der Waals surface area (Å²) in [7, 11) is 0. The van der Waals surface area contributed by atoms with Crippen LogP contribution in [0, 0.1) is 23.2 Å². The largest absolute Gasteiger partial charge is 0.381 e. The zero-order valence-electron chi connectivity index (χ0n) is 12.9. The van der Waals surface area contributed by atoms with Gasteiger partial charge < -0.3 is 4.74 Å². The molecule has 0 unspecified atom stereocenters. The van der Waals surface area contributed by atoms with Crippen molar-refractivity contribution in [1.82, 2.24) is 0 Å². The number of rotatable bonds is 3. The molecule has 0 amide bonds. The summed E-state index contributed by atoms with van der Waals surface area (Å²) in [5.41, 5.74) is 0.411. The van der Waals surface area contributed by atoms with Gasteiger partial charge in [0, 0.05) is 25.6 Å². The van der Waals surface area contributed by atoms with Crippen LogP contribution in [0.4, 0.5) is 0 Å². The summed E-state index contributed by atoms with van der Waals surface area (Å²) in [6.45, 7) is 8.72. The maximum absolute atomic E-state index is 12.4. The maximum Gasteiger partial charge on any atom is 0.136 e. The Morgan fingerprint density at radius 3 is 2.11 bits per heavy atom. The second-order valence-electron chi connectivity index (χ2n) is 7.64. The first-order chi connectivity index (χ1) is 8.97. The third kappa shape index (κ3) is 4.30. The predicted molar refractivity (Wildman–Crippen MR) is 78.1 cm³/mol. The summed E-state index contributed by atoms with van der Waals surface area (Å²) in [4.78, 5) is 12.4. The van der Waals surface area contributed by atoms with E-state index < -0.39 is 0 Å². The van der Waals surface area contributed by atoms with Gasteiger partial charge in [0.1, 0.15) is 5.78 Å². The first-order valence-corrected chi connectivity index (χ1v) is 8.07. The summed E-state index contributed by atoms with van der Waals surface area (Å²) < 4.78 is 5.37. The van der Waals surface area contributed by atoms with Crippen LogP contribution in [0.15, 0.2) is 0 Å². The van der Waals surface area contributed by atoms with E-state index in [1.165, 1.54) is 12.8 Å². The van der Waals surface area contributed by atoms with Crippen LogP contribution in [0.3, 0.4) is 0 Å². The standard InChI is InChI=1S/C17H30O2/c1-17(2,3)15-6-4-14(5-7-15)16(18)12-13-8-10-19-11-9-13/h13-15H,4-12H2,1-3H3. The lowest BCUT2D eigenvalue weighted by Crippen LogP contribution is -2.30. The van der Waals surface area contributed by atoms with Gasteiger partial charge in [0.25, 0.3) is 0 Å². The molecule has 2 rings (SSSR count). The highest BCUT2D eigenvalue weighted by Crippen LogP contribution is 2.40. The van der Waals surface area contributed by atoms with E-state index in [1.807, 2.05) is 0 Å². The highest BCUT2D eigenvalue weighted by atomic mass is 16.5. The van der Waals surface area contributed by atoms with E-state index in [4.69, 9.17) is 4.74 Å². The molecule has 0 atom stereocenters. The lowest BCUT2D eigenvalue weighted by molar-refractivity contribution is -0.126. The van der Waals surface area contributed by atoms with Gasteiger partial charge in [0.15, 0.2) is 0 Å². The molecule has 1 aliphatic heterocycles. The average molecular weight is 266 g/mol. The number of hydrogen-bond donors (Lipinski definition) is 0. The second kappa shape index (κ2) is 6.39. The first-order valence-electron chi connectivity index (χ1n) is 8.07. The fourth-order valence-corrected chi connectivity index (χ4v) is 3.68. The Balaban J connectivity index is 1.76. The number of carbonyl (C=O) groups is 1. The highest BCUT2D eigenvalue weighted by molar-refractivity contribution is 5.81. The van der Waals surface area contributed by atoms with E-state index in [0.717, 1.165) is 51.2 Å². The Hall–Kier alpha value is -0.370. The van der Waals surface area contributed by atoms with Crippen molar-refractivity contribution >= 4 is 5.78 Å². The van der Waals surface area contributed by atoms with Gasteiger partial charge in [-0.3, -0.25) is 4.79 Å². The van der Waals surface area contributed by atoms with Crippen molar-refractivity contribution in [2.75, 3.05) is 13.2 Å². The normalized spacial score (nSPS) is 30.3. The molecule has 0 bridgehead atoms. The highest BCUT2D eigenvalue weighted by Gasteiger charge is 2.32. The van der Waals surface area contributed by atoms with Gasteiger partial charge >= 0.3 is 0 Å². The average Bonchev–Trinajstić information content (AvgIpc) is 2.39. The molecule has 2 nitrogen and oxygen atoms in total. The van der Waals surface area contributed by atoms with Crippen molar-refractivity contribution < 1.29 is 9.53 Å². The Morgan fingerprint density at radius 2 is 1.58 bits per heavy atom. The molecule has 0 aromatic rings. The minimum Gasteiger partial charge on any atom is -0.381 e. The van der Waals surface area contributed by atoms with E-state index >= 15 is 0 Å². The van der Waals surface area contributed by atoms with Crippen LogP contribution in [0.2, 0.25) is 0 Å². The van der Waals surface area contributed by atoms with Crippen LogP contribution < -0.4 is 0 Å². The molecule has 1 saturated heterocycles. The molecule has 1 saturated carbocycles. The molecule has 2 aliphatic rings. The van der Waals surface area contributed by atoms with Crippen LogP contribution >= 0.6 is 0 Å². The molecule has 1 aliphatic carbocycles. The molecule has 2 heteroatoms. The number of ether oxygens (including phenoxy) is 1. The molecule has 0 aromatic heterocycles. The van der Waals surface area contributed by atoms with Gasteiger partial charge in [-0.05, 0) is 55.8 Å². The Labute approximate surface area is 118 Å².